The quantitative estimate of drug-likeness (QED) is 0.395. The van der Waals surface area contributed by atoms with E-state index in [0.29, 0.717) is 30.6 Å². The van der Waals surface area contributed by atoms with Crippen LogP contribution in [-0.2, 0) is 22.6 Å². The molecule has 7 nitrogen and oxygen atoms in total. The van der Waals surface area contributed by atoms with E-state index in [0.717, 1.165) is 11.1 Å². The van der Waals surface area contributed by atoms with E-state index >= 15 is 0 Å². The predicted octanol–water partition coefficient (Wildman–Crippen LogP) is 4.06. The predicted molar refractivity (Wildman–Crippen MR) is 139 cm³/mol. The lowest BCUT2D eigenvalue weighted by Crippen LogP contribution is -2.43. The highest BCUT2D eigenvalue weighted by atomic mass is 16.6. The van der Waals surface area contributed by atoms with Crippen molar-refractivity contribution in [2.75, 3.05) is 20.8 Å². The summed E-state index contributed by atoms with van der Waals surface area (Å²) in [6, 6.07) is 15.0. The zero-order valence-corrected chi connectivity index (χ0v) is 22.2. The minimum atomic E-state index is -0.360. The number of esters is 1. The molecule has 0 saturated heterocycles. The highest BCUT2D eigenvalue weighted by Gasteiger charge is 2.24. The SMILES string of the molecule is CNC(=O)c1cccc(CNC(C)(C)CC(COC(=O)c2cccc(CNC(C)(C)C)c2)OC)c1. The van der Waals surface area contributed by atoms with E-state index in [4.69, 9.17) is 9.47 Å². The number of rotatable bonds is 12. The van der Waals surface area contributed by atoms with Crippen molar-refractivity contribution in [3.63, 3.8) is 0 Å². The minimum Gasteiger partial charge on any atom is -0.459 e. The summed E-state index contributed by atoms with van der Waals surface area (Å²) in [7, 11) is 3.25. The van der Waals surface area contributed by atoms with Gasteiger partial charge in [0.1, 0.15) is 6.61 Å². The van der Waals surface area contributed by atoms with Gasteiger partial charge < -0.3 is 25.4 Å². The van der Waals surface area contributed by atoms with E-state index in [2.05, 4.69) is 50.6 Å². The minimum absolute atomic E-state index is 0.00399. The fourth-order valence-corrected chi connectivity index (χ4v) is 3.59. The third-order valence-corrected chi connectivity index (χ3v) is 5.64. The summed E-state index contributed by atoms with van der Waals surface area (Å²) in [5, 5.41) is 9.59. The van der Waals surface area contributed by atoms with Crippen molar-refractivity contribution in [3.05, 3.63) is 70.8 Å². The molecule has 0 saturated carbocycles. The molecule has 1 unspecified atom stereocenters. The van der Waals surface area contributed by atoms with Crippen molar-refractivity contribution in [3.8, 4) is 0 Å². The van der Waals surface area contributed by atoms with E-state index in [1.807, 2.05) is 36.4 Å². The Morgan fingerprint density at radius 1 is 0.886 bits per heavy atom. The smallest absolute Gasteiger partial charge is 0.338 e. The van der Waals surface area contributed by atoms with Gasteiger partial charge >= 0.3 is 5.97 Å². The topological polar surface area (TPSA) is 88.7 Å². The standard InChI is InChI=1S/C28H41N3O4/c1-27(2,3)30-17-21-11-9-13-23(15-21)26(33)35-19-24(34-7)16-28(4,5)31-18-20-10-8-12-22(14-20)25(32)29-6/h8-15,24,30-31H,16-19H2,1-7H3,(H,29,32). The first-order chi connectivity index (χ1) is 16.4. The molecule has 0 aromatic heterocycles. The Morgan fingerprint density at radius 3 is 2.03 bits per heavy atom. The molecule has 1 atom stereocenters. The molecule has 0 aliphatic rings. The molecular formula is C28H41N3O4. The van der Waals surface area contributed by atoms with Gasteiger partial charge in [0.05, 0.1) is 11.7 Å². The first-order valence-electron chi connectivity index (χ1n) is 12.0. The van der Waals surface area contributed by atoms with Crippen LogP contribution in [0.5, 0.6) is 0 Å². The van der Waals surface area contributed by atoms with Gasteiger partial charge in [-0.2, -0.15) is 0 Å². The number of methoxy groups -OCH3 is 1. The second-order valence-electron chi connectivity index (χ2n) is 10.5. The van der Waals surface area contributed by atoms with E-state index in [1.54, 1.807) is 26.3 Å². The second-order valence-corrected chi connectivity index (χ2v) is 10.5. The number of hydrogen-bond acceptors (Lipinski definition) is 6. The zero-order valence-electron chi connectivity index (χ0n) is 22.2. The first kappa shape index (κ1) is 28.5. The molecule has 2 aromatic carbocycles. The summed E-state index contributed by atoms with van der Waals surface area (Å²) in [6.07, 6.45) is 0.381. The molecule has 0 bridgehead atoms. The van der Waals surface area contributed by atoms with E-state index in [1.165, 1.54) is 0 Å². The van der Waals surface area contributed by atoms with Crippen LogP contribution in [0.3, 0.4) is 0 Å². The van der Waals surface area contributed by atoms with Gasteiger partial charge in [0, 0.05) is 43.9 Å². The number of hydrogen-bond donors (Lipinski definition) is 3. The molecule has 192 valence electrons. The number of amides is 1. The van der Waals surface area contributed by atoms with Crippen LogP contribution >= 0.6 is 0 Å². The maximum atomic E-state index is 12.7. The summed E-state index contributed by atoms with van der Waals surface area (Å²) < 4.78 is 11.2. The monoisotopic (exact) mass is 483 g/mol. The van der Waals surface area contributed by atoms with Gasteiger partial charge in [-0.25, -0.2) is 4.79 Å². The highest BCUT2D eigenvalue weighted by molar-refractivity contribution is 5.94. The van der Waals surface area contributed by atoms with Crippen LogP contribution in [0.4, 0.5) is 0 Å². The summed E-state index contributed by atoms with van der Waals surface area (Å²) in [5.41, 5.74) is 2.92. The fourth-order valence-electron chi connectivity index (χ4n) is 3.59. The Labute approximate surface area is 210 Å². The van der Waals surface area contributed by atoms with Crippen LogP contribution < -0.4 is 16.0 Å². The second kappa shape index (κ2) is 12.8. The van der Waals surface area contributed by atoms with Crippen molar-refractivity contribution in [2.24, 2.45) is 0 Å². The van der Waals surface area contributed by atoms with Crippen LogP contribution in [0, 0.1) is 0 Å². The molecule has 0 aliphatic heterocycles. The lowest BCUT2D eigenvalue weighted by atomic mass is 9.96. The molecule has 0 heterocycles. The van der Waals surface area contributed by atoms with E-state index in [-0.39, 0.29) is 35.7 Å². The molecule has 2 rings (SSSR count). The molecule has 0 aliphatic carbocycles. The maximum Gasteiger partial charge on any atom is 0.338 e. The van der Waals surface area contributed by atoms with Crippen molar-refractivity contribution in [2.45, 2.75) is 71.3 Å². The third kappa shape index (κ3) is 10.2. The van der Waals surface area contributed by atoms with Crippen molar-refractivity contribution < 1.29 is 19.1 Å². The van der Waals surface area contributed by atoms with Gasteiger partial charge in [-0.05, 0) is 76.4 Å². The molecule has 1 amide bonds. The molecule has 35 heavy (non-hydrogen) atoms. The molecule has 2 aromatic rings. The zero-order chi connectivity index (χ0) is 26.1. The lowest BCUT2D eigenvalue weighted by molar-refractivity contribution is -0.000838. The lowest BCUT2D eigenvalue weighted by Gasteiger charge is -2.30. The Bertz CT molecular complexity index is 982. The van der Waals surface area contributed by atoms with Crippen LogP contribution in [-0.4, -0.2) is 49.8 Å². The average Bonchev–Trinajstić information content (AvgIpc) is 2.83. The van der Waals surface area contributed by atoms with Crippen LogP contribution in [0.1, 0.15) is 72.9 Å². The Hall–Kier alpha value is -2.74. The maximum absolute atomic E-state index is 12.7. The largest absolute Gasteiger partial charge is 0.459 e. The molecule has 0 radical (unpaired) electrons. The summed E-state index contributed by atoms with van der Waals surface area (Å²) >= 11 is 0. The van der Waals surface area contributed by atoms with E-state index in [9.17, 15) is 9.59 Å². The average molecular weight is 484 g/mol. The highest BCUT2D eigenvalue weighted by Crippen LogP contribution is 2.17. The Balaban J connectivity index is 1.89. The van der Waals surface area contributed by atoms with Gasteiger partial charge in [-0.15, -0.1) is 0 Å². The van der Waals surface area contributed by atoms with Gasteiger partial charge in [-0.3, -0.25) is 4.79 Å². The van der Waals surface area contributed by atoms with E-state index < -0.39 is 0 Å². The third-order valence-electron chi connectivity index (χ3n) is 5.64. The van der Waals surface area contributed by atoms with Gasteiger partial charge in [0.25, 0.3) is 5.91 Å². The molecule has 0 spiro atoms. The van der Waals surface area contributed by atoms with Gasteiger partial charge in [-0.1, -0.05) is 24.3 Å². The van der Waals surface area contributed by atoms with Crippen molar-refractivity contribution >= 4 is 11.9 Å². The number of ether oxygens (including phenoxy) is 2. The van der Waals surface area contributed by atoms with Crippen molar-refractivity contribution in [1.82, 2.24) is 16.0 Å². The first-order valence-corrected chi connectivity index (χ1v) is 12.0. The van der Waals surface area contributed by atoms with Crippen LogP contribution in [0.15, 0.2) is 48.5 Å². The molecule has 3 N–H and O–H groups in total. The Kier molecular flexibility index (Phi) is 10.4. The fraction of sp³-hybridized carbons (Fsp3) is 0.500. The Morgan fingerprint density at radius 2 is 1.46 bits per heavy atom. The number of benzene rings is 2. The molecule has 0 fully saturated rings. The summed E-state index contributed by atoms with van der Waals surface area (Å²) in [4.78, 5) is 24.5. The number of nitrogens with one attached hydrogen (secondary N) is 3. The number of carbonyl (C=O) groups is 2. The molecular weight excluding hydrogens is 442 g/mol. The van der Waals surface area contributed by atoms with Crippen LogP contribution in [0.25, 0.3) is 0 Å². The summed E-state index contributed by atoms with van der Waals surface area (Å²) in [5.74, 6) is -0.468. The van der Waals surface area contributed by atoms with Crippen LogP contribution in [0.2, 0.25) is 0 Å². The molecule has 7 heteroatoms. The van der Waals surface area contributed by atoms with Gasteiger partial charge in [0.15, 0.2) is 0 Å². The number of carbonyl (C=O) groups excluding carboxylic acids is 2. The normalized spacial score (nSPS) is 12.8. The van der Waals surface area contributed by atoms with Gasteiger partial charge in [0.2, 0.25) is 0 Å². The summed E-state index contributed by atoms with van der Waals surface area (Å²) in [6.45, 7) is 11.9. The van der Waals surface area contributed by atoms with Crippen molar-refractivity contribution in [1.29, 1.82) is 0 Å².